The molecule has 0 aliphatic carbocycles. The minimum atomic E-state index is 0.894. The molecule has 0 amide bonds. The summed E-state index contributed by atoms with van der Waals surface area (Å²) in [6, 6.07) is 0. The first kappa shape index (κ1) is 7.09. The molecule has 0 N–H and O–H groups in total. The second-order valence-electron chi connectivity index (χ2n) is 2.69. The quantitative estimate of drug-likeness (QED) is 0.577. The van der Waals surface area contributed by atoms with Gasteiger partial charge in [-0.2, -0.15) is 20.4 Å². The van der Waals surface area contributed by atoms with Gasteiger partial charge in [-0.05, 0) is 13.8 Å². The van der Waals surface area contributed by atoms with E-state index in [4.69, 9.17) is 0 Å². The van der Waals surface area contributed by atoms with Crippen molar-refractivity contribution in [2.24, 2.45) is 0 Å². The average Bonchev–Trinajstić information content (AvgIpc) is 2.12. The lowest BCUT2D eigenvalue weighted by atomic mass is 10.2. The van der Waals surface area contributed by atoms with Crippen LogP contribution in [0.3, 0.4) is 0 Å². The van der Waals surface area contributed by atoms with Gasteiger partial charge in [-0.1, -0.05) is 0 Å². The van der Waals surface area contributed by atoms with Crippen molar-refractivity contribution in [1.82, 2.24) is 20.4 Å². The molecule has 2 rings (SSSR count). The number of hydrogen-bond acceptors (Lipinski definition) is 4. The zero-order valence-electron chi connectivity index (χ0n) is 6.94. The Kier molecular flexibility index (Phi) is 1.46. The predicted molar refractivity (Wildman–Crippen MR) is 44.6 cm³/mol. The Bertz CT molecular complexity index is 384. The minimum Gasteiger partial charge on any atom is -0.158 e. The fourth-order valence-corrected chi connectivity index (χ4v) is 1.16. The first-order valence-electron chi connectivity index (χ1n) is 3.69. The van der Waals surface area contributed by atoms with Crippen LogP contribution >= 0.6 is 0 Å². The van der Waals surface area contributed by atoms with E-state index in [-0.39, 0.29) is 0 Å². The second kappa shape index (κ2) is 2.48. The fraction of sp³-hybridized carbons (Fsp3) is 0.250. The zero-order valence-corrected chi connectivity index (χ0v) is 6.94. The molecule has 0 unspecified atom stereocenters. The van der Waals surface area contributed by atoms with E-state index < -0.39 is 0 Å². The van der Waals surface area contributed by atoms with Gasteiger partial charge in [-0.15, -0.1) is 0 Å². The highest BCUT2D eigenvalue weighted by atomic mass is 15.1. The molecule has 0 aromatic carbocycles. The maximum Gasteiger partial charge on any atom is 0.0695 e. The monoisotopic (exact) mass is 160 g/mol. The summed E-state index contributed by atoms with van der Waals surface area (Å²) in [6.07, 6.45) is 3.43. The number of fused-ring (bicyclic) bond motifs is 1. The molecule has 2 aromatic heterocycles. The Morgan fingerprint density at radius 1 is 0.833 bits per heavy atom. The van der Waals surface area contributed by atoms with E-state index in [2.05, 4.69) is 20.4 Å². The summed E-state index contributed by atoms with van der Waals surface area (Å²) in [4.78, 5) is 0. The molecule has 2 aromatic rings. The minimum absolute atomic E-state index is 0.894. The number of aryl methyl sites for hydroxylation is 2. The normalized spacial score (nSPS) is 10.5. The maximum atomic E-state index is 3.99. The Hall–Kier alpha value is -1.58. The fourth-order valence-electron chi connectivity index (χ4n) is 1.16. The summed E-state index contributed by atoms with van der Waals surface area (Å²) >= 11 is 0. The maximum absolute atomic E-state index is 3.99. The Morgan fingerprint density at radius 3 is 1.67 bits per heavy atom. The van der Waals surface area contributed by atoms with Crippen molar-refractivity contribution in [3.8, 4) is 0 Å². The van der Waals surface area contributed by atoms with Gasteiger partial charge in [0.05, 0.1) is 23.8 Å². The van der Waals surface area contributed by atoms with Gasteiger partial charge in [-0.3, -0.25) is 0 Å². The van der Waals surface area contributed by atoms with Crippen LogP contribution in [0.25, 0.3) is 10.8 Å². The van der Waals surface area contributed by atoms with Crippen molar-refractivity contribution >= 4 is 10.8 Å². The van der Waals surface area contributed by atoms with Crippen molar-refractivity contribution in [3.05, 3.63) is 23.8 Å². The topological polar surface area (TPSA) is 51.6 Å². The summed E-state index contributed by atoms with van der Waals surface area (Å²) in [5.74, 6) is 0. The molecule has 0 bridgehead atoms. The lowest BCUT2D eigenvalue weighted by molar-refractivity contribution is 0.951. The van der Waals surface area contributed by atoms with Crippen LogP contribution in [0, 0.1) is 13.8 Å². The van der Waals surface area contributed by atoms with Gasteiger partial charge in [0.15, 0.2) is 0 Å². The number of nitrogens with zero attached hydrogens (tertiary/aromatic N) is 4. The van der Waals surface area contributed by atoms with Crippen molar-refractivity contribution in [1.29, 1.82) is 0 Å². The highest BCUT2D eigenvalue weighted by molar-refractivity contribution is 5.84. The van der Waals surface area contributed by atoms with Crippen LogP contribution in [-0.4, -0.2) is 20.4 Å². The van der Waals surface area contributed by atoms with Crippen LogP contribution in [0.15, 0.2) is 12.4 Å². The third kappa shape index (κ3) is 0.922. The van der Waals surface area contributed by atoms with Crippen molar-refractivity contribution in [3.63, 3.8) is 0 Å². The molecule has 0 saturated heterocycles. The van der Waals surface area contributed by atoms with E-state index in [0.29, 0.717) is 0 Å². The van der Waals surface area contributed by atoms with Crippen LogP contribution in [0.1, 0.15) is 11.4 Å². The first-order chi connectivity index (χ1) is 5.79. The summed E-state index contributed by atoms with van der Waals surface area (Å²) in [5, 5.41) is 17.6. The summed E-state index contributed by atoms with van der Waals surface area (Å²) in [6.45, 7) is 3.83. The third-order valence-electron chi connectivity index (χ3n) is 1.86. The molecule has 0 atom stereocenters. The molecule has 12 heavy (non-hydrogen) atoms. The van der Waals surface area contributed by atoms with E-state index in [1.54, 1.807) is 12.4 Å². The van der Waals surface area contributed by atoms with Gasteiger partial charge in [0.2, 0.25) is 0 Å². The average molecular weight is 160 g/mol. The van der Waals surface area contributed by atoms with Crippen LogP contribution in [0.2, 0.25) is 0 Å². The van der Waals surface area contributed by atoms with E-state index >= 15 is 0 Å². The van der Waals surface area contributed by atoms with E-state index in [9.17, 15) is 0 Å². The van der Waals surface area contributed by atoms with Crippen LogP contribution < -0.4 is 0 Å². The smallest absolute Gasteiger partial charge is 0.0695 e. The van der Waals surface area contributed by atoms with E-state index in [1.807, 2.05) is 13.8 Å². The zero-order chi connectivity index (χ0) is 8.55. The SMILES string of the molecule is Cc1nnc(C)c2cnncc12. The molecule has 0 aliphatic rings. The van der Waals surface area contributed by atoms with Crippen LogP contribution in [0.4, 0.5) is 0 Å². The van der Waals surface area contributed by atoms with E-state index in [0.717, 1.165) is 22.2 Å². The lowest BCUT2D eigenvalue weighted by Crippen LogP contribution is -1.94. The first-order valence-corrected chi connectivity index (χ1v) is 3.69. The van der Waals surface area contributed by atoms with Gasteiger partial charge in [0.25, 0.3) is 0 Å². The molecule has 2 heterocycles. The molecule has 0 fully saturated rings. The van der Waals surface area contributed by atoms with Gasteiger partial charge in [0.1, 0.15) is 0 Å². The van der Waals surface area contributed by atoms with Gasteiger partial charge < -0.3 is 0 Å². The molecule has 4 heteroatoms. The van der Waals surface area contributed by atoms with Gasteiger partial charge in [-0.25, -0.2) is 0 Å². The van der Waals surface area contributed by atoms with Crippen LogP contribution in [-0.2, 0) is 0 Å². The molecular weight excluding hydrogens is 152 g/mol. The molecule has 0 spiro atoms. The Labute approximate surface area is 69.7 Å². The highest BCUT2D eigenvalue weighted by Crippen LogP contribution is 2.14. The molecule has 0 radical (unpaired) electrons. The van der Waals surface area contributed by atoms with Crippen molar-refractivity contribution < 1.29 is 0 Å². The molecule has 4 nitrogen and oxygen atoms in total. The molecule has 0 saturated carbocycles. The third-order valence-corrected chi connectivity index (χ3v) is 1.86. The molecule has 60 valence electrons. The largest absolute Gasteiger partial charge is 0.158 e. The Morgan fingerprint density at radius 2 is 1.25 bits per heavy atom. The van der Waals surface area contributed by atoms with Crippen LogP contribution in [0.5, 0.6) is 0 Å². The van der Waals surface area contributed by atoms with Crippen molar-refractivity contribution in [2.75, 3.05) is 0 Å². The lowest BCUT2D eigenvalue weighted by Gasteiger charge is -1.99. The summed E-state index contributed by atoms with van der Waals surface area (Å²) < 4.78 is 0. The number of hydrogen-bond donors (Lipinski definition) is 0. The Balaban J connectivity index is 2.95. The number of aromatic nitrogens is 4. The molecular formula is C8H8N4. The van der Waals surface area contributed by atoms with Gasteiger partial charge in [0, 0.05) is 10.8 Å². The number of rotatable bonds is 0. The summed E-state index contributed by atoms with van der Waals surface area (Å²) in [7, 11) is 0. The second-order valence-corrected chi connectivity index (χ2v) is 2.69. The van der Waals surface area contributed by atoms with Gasteiger partial charge >= 0.3 is 0 Å². The van der Waals surface area contributed by atoms with Crippen molar-refractivity contribution in [2.45, 2.75) is 13.8 Å². The standard InChI is InChI=1S/C8H8N4/c1-5-7-3-9-10-4-8(7)6(2)12-11-5/h3-4H,1-2H3. The predicted octanol–water partition coefficient (Wildman–Crippen LogP) is 1.04. The molecule has 0 aliphatic heterocycles. The summed E-state index contributed by atoms with van der Waals surface area (Å²) in [5.41, 5.74) is 1.79. The highest BCUT2D eigenvalue weighted by Gasteiger charge is 2.01. The van der Waals surface area contributed by atoms with E-state index in [1.165, 1.54) is 0 Å².